The van der Waals surface area contributed by atoms with E-state index in [0.717, 1.165) is 12.8 Å². The number of rotatable bonds is 9. The first-order chi connectivity index (χ1) is 13.5. The number of Topliss-reactive ketones (excluding diaryl/α,β-unsaturated/α-hetero) is 1. The predicted octanol–water partition coefficient (Wildman–Crippen LogP) is 4.75. The van der Waals surface area contributed by atoms with E-state index >= 15 is 0 Å². The summed E-state index contributed by atoms with van der Waals surface area (Å²) in [5.74, 6) is -0.180. The van der Waals surface area contributed by atoms with Crippen LogP contribution < -0.4 is 0 Å². The molecule has 0 aromatic carbocycles. The van der Waals surface area contributed by atoms with Crippen molar-refractivity contribution < 1.29 is 14.3 Å². The highest BCUT2D eigenvalue weighted by Crippen LogP contribution is 2.32. The van der Waals surface area contributed by atoms with Gasteiger partial charge in [0.2, 0.25) is 5.91 Å². The fourth-order valence-corrected chi connectivity index (χ4v) is 4.39. The number of hydrogen-bond acceptors (Lipinski definition) is 5. The monoisotopic (exact) mass is 404 g/mol. The molecule has 0 fully saturated rings. The van der Waals surface area contributed by atoms with Crippen LogP contribution >= 0.6 is 11.3 Å². The Morgan fingerprint density at radius 3 is 2.61 bits per heavy atom. The van der Waals surface area contributed by atoms with Gasteiger partial charge in [-0.25, -0.2) is 0 Å². The van der Waals surface area contributed by atoms with E-state index in [1.165, 1.54) is 18.3 Å². The topological polar surface area (TPSA) is 95.4 Å². The summed E-state index contributed by atoms with van der Waals surface area (Å²) in [5.41, 5.74) is 9.69. The fourth-order valence-electron chi connectivity index (χ4n) is 3.69. The molecular formula is C20H28N4O3S. The lowest BCUT2D eigenvalue weighted by atomic mass is 9.85. The number of ether oxygens (including phenoxy) is 1. The maximum Gasteiger partial charge on any atom is 0.219 e. The van der Waals surface area contributed by atoms with Crippen LogP contribution in [0.2, 0.25) is 0 Å². The van der Waals surface area contributed by atoms with E-state index in [0.29, 0.717) is 17.0 Å². The molecular weight excluding hydrogens is 376 g/mol. The molecule has 8 heteroatoms. The second kappa shape index (κ2) is 10.4. The molecule has 28 heavy (non-hydrogen) atoms. The maximum atomic E-state index is 12.9. The first kappa shape index (κ1) is 22.1. The summed E-state index contributed by atoms with van der Waals surface area (Å²) in [6, 6.07) is 2.63. The molecule has 0 saturated heterocycles. The van der Waals surface area contributed by atoms with E-state index in [-0.39, 0.29) is 24.2 Å². The summed E-state index contributed by atoms with van der Waals surface area (Å²) in [7, 11) is 0. The number of thiophene rings is 1. The Bertz CT molecular complexity index is 752. The molecule has 1 aliphatic rings. The highest BCUT2D eigenvalue weighted by atomic mass is 32.1. The zero-order valence-corrected chi connectivity index (χ0v) is 17.7. The number of hydrogen-bond donors (Lipinski definition) is 0. The normalized spacial score (nSPS) is 21.8. The molecule has 0 spiro atoms. The van der Waals surface area contributed by atoms with Crippen molar-refractivity contribution in [1.29, 1.82) is 0 Å². The molecule has 2 rings (SSSR count). The molecule has 0 bridgehead atoms. The van der Waals surface area contributed by atoms with Gasteiger partial charge in [0, 0.05) is 24.0 Å². The summed E-state index contributed by atoms with van der Waals surface area (Å²) in [6.07, 6.45) is 3.26. The van der Waals surface area contributed by atoms with Crippen molar-refractivity contribution in [1.82, 2.24) is 4.90 Å². The largest absolute Gasteiger partial charge is 0.369 e. The van der Waals surface area contributed by atoms with E-state index in [4.69, 9.17) is 10.3 Å². The third-order valence-electron chi connectivity index (χ3n) is 5.13. The van der Waals surface area contributed by atoms with Gasteiger partial charge in [-0.3, -0.25) is 9.59 Å². The second-order valence-corrected chi connectivity index (χ2v) is 7.76. The van der Waals surface area contributed by atoms with E-state index in [2.05, 4.69) is 10.0 Å². The van der Waals surface area contributed by atoms with Crippen molar-refractivity contribution in [3.8, 4) is 0 Å². The van der Waals surface area contributed by atoms with Gasteiger partial charge >= 0.3 is 0 Å². The molecule has 152 valence electrons. The van der Waals surface area contributed by atoms with Crippen molar-refractivity contribution >= 4 is 23.0 Å². The van der Waals surface area contributed by atoms with Crippen LogP contribution in [-0.4, -0.2) is 47.4 Å². The summed E-state index contributed by atoms with van der Waals surface area (Å²) < 4.78 is 6.31. The van der Waals surface area contributed by atoms with Crippen LogP contribution in [-0.2, 0) is 9.53 Å². The predicted molar refractivity (Wildman–Crippen MR) is 110 cm³/mol. The number of likely N-dealkylation sites (N-methyl/N-ethyl adjacent to an activating group) is 1. The molecule has 1 heterocycles. The Morgan fingerprint density at radius 2 is 2.11 bits per heavy atom. The van der Waals surface area contributed by atoms with Crippen LogP contribution in [0.5, 0.6) is 0 Å². The molecule has 7 nitrogen and oxygen atoms in total. The summed E-state index contributed by atoms with van der Waals surface area (Å²) in [6.45, 7) is 7.95. The van der Waals surface area contributed by atoms with Gasteiger partial charge < -0.3 is 9.64 Å². The molecule has 3 atom stereocenters. The third-order valence-corrected chi connectivity index (χ3v) is 6.00. The maximum absolute atomic E-state index is 12.9. The quantitative estimate of drug-likeness (QED) is 0.257. The standard InChI is InChI=1S/C20H28N4O3S/c1-5-15(6-2)27-17-12-14(20(26)18-9-8-10-28-18)11-16(22-23-21)19(17)24(7-3)13(4)25/h8-10,12,15-17,19H,5-7,11H2,1-4H3/t16-,17+,19+/m0/s1. The average molecular weight is 405 g/mol. The minimum Gasteiger partial charge on any atom is -0.369 e. The number of ketones is 1. The highest BCUT2D eigenvalue weighted by Gasteiger charge is 2.40. The van der Waals surface area contributed by atoms with E-state index in [9.17, 15) is 9.59 Å². The van der Waals surface area contributed by atoms with Crippen LogP contribution in [0.15, 0.2) is 34.3 Å². The van der Waals surface area contributed by atoms with Crippen molar-refractivity contribution in [2.24, 2.45) is 5.11 Å². The smallest absolute Gasteiger partial charge is 0.219 e. The number of amides is 1. The van der Waals surface area contributed by atoms with Crippen molar-refractivity contribution in [2.45, 2.75) is 71.2 Å². The number of carbonyl (C=O) groups is 2. The summed E-state index contributed by atoms with van der Waals surface area (Å²) in [4.78, 5) is 30.5. The van der Waals surface area contributed by atoms with Gasteiger partial charge in [-0.15, -0.1) is 11.3 Å². The van der Waals surface area contributed by atoms with Crippen LogP contribution in [0.3, 0.4) is 0 Å². The van der Waals surface area contributed by atoms with Gasteiger partial charge in [-0.2, -0.15) is 0 Å². The molecule has 1 aromatic rings. The van der Waals surface area contributed by atoms with Gasteiger partial charge in [0.1, 0.15) is 0 Å². The van der Waals surface area contributed by atoms with Gasteiger partial charge in [-0.05, 0) is 49.2 Å². The highest BCUT2D eigenvalue weighted by molar-refractivity contribution is 7.12. The van der Waals surface area contributed by atoms with E-state index in [1.807, 2.05) is 38.3 Å². The Balaban J connectivity index is 2.49. The molecule has 1 aromatic heterocycles. The fraction of sp³-hybridized carbons (Fsp3) is 0.600. The Morgan fingerprint density at radius 1 is 1.39 bits per heavy atom. The average Bonchev–Trinajstić information content (AvgIpc) is 3.22. The Hall–Kier alpha value is -2.15. The molecule has 0 radical (unpaired) electrons. The van der Waals surface area contributed by atoms with Crippen LogP contribution in [0.4, 0.5) is 0 Å². The molecule has 1 aliphatic carbocycles. The zero-order chi connectivity index (χ0) is 20.7. The summed E-state index contributed by atoms with van der Waals surface area (Å²) in [5, 5.41) is 5.81. The van der Waals surface area contributed by atoms with Crippen LogP contribution in [0.25, 0.3) is 10.4 Å². The molecule has 0 saturated carbocycles. The lowest BCUT2D eigenvalue weighted by Crippen LogP contribution is -2.55. The van der Waals surface area contributed by atoms with Crippen molar-refractivity contribution in [3.63, 3.8) is 0 Å². The molecule has 0 unspecified atom stereocenters. The zero-order valence-electron chi connectivity index (χ0n) is 16.9. The molecule has 0 N–H and O–H groups in total. The number of azide groups is 1. The third kappa shape index (κ3) is 5.01. The first-order valence-corrected chi connectivity index (χ1v) is 10.6. The minimum atomic E-state index is -0.558. The molecule has 1 amide bonds. The lowest BCUT2D eigenvalue weighted by molar-refractivity contribution is -0.136. The van der Waals surface area contributed by atoms with Crippen LogP contribution in [0, 0.1) is 0 Å². The van der Waals surface area contributed by atoms with Gasteiger partial charge in [0.15, 0.2) is 5.78 Å². The molecule has 0 aliphatic heterocycles. The van der Waals surface area contributed by atoms with Crippen molar-refractivity contribution in [2.75, 3.05) is 6.54 Å². The van der Waals surface area contributed by atoms with E-state index < -0.39 is 18.2 Å². The Kier molecular flexibility index (Phi) is 8.23. The van der Waals surface area contributed by atoms with Crippen molar-refractivity contribution in [3.05, 3.63) is 44.5 Å². The minimum absolute atomic E-state index is 0.00248. The second-order valence-electron chi connectivity index (χ2n) is 6.81. The van der Waals surface area contributed by atoms with E-state index in [1.54, 1.807) is 11.0 Å². The van der Waals surface area contributed by atoms with Gasteiger partial charge in [0.25, 0.3) is 0 Å². The van der Waals surface area contributed by atoms with Crippen LogP contribution in [0.1, 0.15) is 56.6 Å². The SMILES string of the molecule is CCC(CC)O[C@@H]1C=C(C(=O)c2cccs2)C[C@H](N=[N+]=[N-])[C@H]1N(CC)C(C)=O. The summed E-state index contributed by atoms with van der Waals surface area (Å²) >= 11 is 1.38. The first-order valence-electron chi connectivity index (χ1n) is 9.72. The number of nitrogens with zero attached hydrogens (tertiary/aromatic N) is 4. The van der Waals surface area contributed by atoms with Gasteiger partial charge in [0.05, 0.1) is 29.2 Å². The van der Waals surface area contributed by atoms with Gasteiger partial charge in [-0.1, -0.05) is 25.0 Å². The number of carbonyl (C=O) groups excluding carboxylic acids is 2. The lowest BCUT2D eigenvalue weighted by Gasteiger charge is -2.42. The Labute approximate surface area is 170 Å².